The summed E-state index contributed by atoms with van der Waals surface area (Å²) in [5.41, 5.74) is 2.12. The Kier molecular flexibility index (Phi) is 5.38. The lowest BCUT2D eigenvalue weighted by Crippen LogP contribution is -2.36. The van der Waals surface area contributed by atoms with Gasteiger partial charge in [0.2, 0.25) is 6.79 Å². The van der Waals surface area contributed by atoms with E-state index >= 15 is 0 Å². The van der Waals surface area contributed by atoms with Crippen LogP contribution in [0.5, 0.6) is 23.0 Å². The van der Waals surface area contributed by atoms with Crippen molar-refractivity contribution in [2.75, 3.05) is 32.2 Å². The third-order valence-electron chi connectivity index (χ3n) is 5.87. The normalized spacial score (nSPS) is 21.2. The number of hydrogen-bond donors (Lipinski definition) is 0. The molecule has 0 aliphatic carbocycles. The van der Waals surface area contributed by atoms with Crippen molar-refractivity contribution < 1.29 is 23.7 Å². The highest BCUT2D eigenvalue weighted by Gasteiger charge is 2.32. The van der Waals surface area contributed by atoms with Gasteiger partial charge in [-0.3, -0.25) is 4.79 Å². The van der Waals surface area contributed by atoms with Gasteiger partial charge in [-0.05, 0) is 44.0 Å². The average Bonchev–Trinajstić information content (AvgIpc) is 3.25. The highest BCUT2D eigenvalue weighted by Crippen LogP contribution is 2.42. The minimum Gasteiger partial charge on any atom is -0.483 e. The SMILES string of the molecule is CC1(C)Cc2cccc(OCC(=O)N3CCSC(c4ccc5c(c4)OCO5)CC3)c2O1. The molecule has 1 fully saturated rings. The Hall–Kier alpha value is -2.54. The number of para-hydroxylation sites is 1. The number of fused-ring (bicyclic) bond motifs is 2. The Bertz CT molecular complexity index is 992. The van der Waals surface area contributed by atoms with E-state index in [1.54, 1.807) is 0 Å². The van der Waals surface area contributed by atoms with Gasteiger partial charge in [-0.1, -0.05) is 18.2 Å². The zero-order valence-electron chi connectivity index (χ0n) is 17.9. The molecule has 1 unspecified atom stereocenters. The van der Waals surface area contributed by atoms with E-state index in [-0.39, 0.29) is 24.9 Å². The molecular formula is C24H27NO5S. The lowest BCUT2D eigenvalue weighted by molar-refractivity contribution is -0.133. The van der Waals surface area contributed by atoms with Crippen LogP contribution in [0, 0.1) is 0 Å². The van der Waals surface area contributed by atoms with Crippen LogP contribution in [0.25, 0.3) is 0 Å². The number of benzene rings is 2. The summed E-state index contributed by atoms with van der Waals surface area (Å²) in [5, 5.41) is 0.334. The van der Waals surface area contributed by atoms with E-state index in [1.165, 1.54) is 5.56 Å². The quantitative estimate of drug-likeness (QED) is 0.708. The molecule has 0 aromatic heterocycles. The number of thioether (sulfide) groups is 1. The zero-order chi connectivity index (χ0) is 21.4. The van der Waals surface area contributed by atoms with Crippen molar-refractivity contribution in [3.05, 3.63) is 47.5 Å². The van der Waals surface area contributed by atoms with Gasteiger partial charge in [-0.2, -0.15) is 11.8 Å². The lowest BCUT2D eigenvalue weighted by atomic mass is 10.0. The molecule has 164 valence electrons. The van der Waals surface area contributed by atoms with E-state index in [2.05, 4.69) is 32.0 Å². The molecule has 1 amide bonds. The average molecular weight is 442 g/mol. The summed E-state index contributed by atoms with van der Waals surface area (Å²) in [7, 11) is 0. The second kappa shape index (κ2) is 8.19. The highest BCUT2D eigenvalue weighted by atomic mass is 32.2. The van der Waals surface area contributed by atoms with Crippen molar-refractivity contribution in [2.45, 2.75) is 37.5 Å². The fourth-order valence-corrected chi connectivity index (χ4v) is 5.55. The topological polar surface area (TPSA) is 57.2 Å². The first-order chi connectivity index (χ1) is 15.0. The van der Waals surface area contributed by atoms with Crippen LogP contribution in [0.15, 0.2) is 36.4 Å². The van der Waals surface area contributed by atoms with Gasteiger partial charge in [0.1, 0.15) is 5.60 Å². The van der Waals surface area contributed by atoms with E-state index < -0.39 is 0 Å². The molecule has 0 N–H and O–H groups in total. The summed E-state index contributed by atoms with van der Waals surface area (Å²) in [6, 6.07) is 12.0. The summed E-state index contributed by atoms with van der Waals surface area (Å²) >= 11 is 1.88. The number of carbonyl (C=O) groups excluding carboxylic acids is 1. The van der Waals surface area contributed by atoms with Crippen LogP contribution in [-0.2, 0) is 11.2 Å². The molecule has 7 heteroatoms. The Morgan fingerprint density at radius 2 is 2.06 bits per heavy atom. The van der Waals surface area contributed by atoms with E-state index in [0.29, 0.717) is 17.5 Å². The molecule has 31 heavy (non-hydrogen) atoms. The maximum Gasteiger partial charge on any atom is 0.260 e. The predicted octanol–water partition coefficient (Wildman–Crippen LogP) is 4.21. The van der Waals surface area contributed by atoms with E-state index in [9.17, 15) is 4.79 Å². The van der Waals surface area contributed by atoms with Crippen LogP contribution in [0.2, 0.25) is 0 Å². The number of carbonyl (C=O) groups is 1. The lowest BCUT2D eigenvalue weighted by Gasteiger charge is -2.21. The fraction of sp³-hybridized carbons (Fsp3) is 0.458. The van der Waals surface area contributed by atoms with Gasteiger partial charge in [0.25, 0.3) is 5.91 Å². The van der Waals surface area contributed by atoms with Crippen LogP contribution in [0.3, 0.4) is 0 Å². The standard InChI is InChI=1S/C24H27NO5S/c1-24(2)13-17-4-3-5-19(23(17)30-24)27-14-22(26)25-9-8-21(31-11-10-25)16-6-7-18-20(12-16)29-15-28-18/h3-7,12,21H,8-11,13-15H2,1-2H3. The monoisotopic (exact) mass is 441 g/mol. The largest absolute Gasteiger partial charge is 0.483 e. The van der Waals surface area contributed by atoms with E-state index in [4.69, 9.17) is 18.9 Å². The molecule has 0 bridgehead atoms. The number of amides is 1. The van der Waals surface area contributed by atoms with E-state index in [1.807, 2.05) is 34.9 Å². The van der Waals surface area contributed by atoms with Gasteiger partial charge in [0.15, 0.2) is 29.6 Å². The van der Waals surface area contributed by atoms with Gasteiger partial charge < -0.3 is 23.8 Å². The molecule has 2 aromatic rings. The molecule has 3 heterocycles. The minimum absolute atomic E-state index is 0.0156. The van der Waals surface area contributed by atoms with Crippen molar-refractivity contribution in [1.29, 1.82) is 0 Å². The third-order valence-corrected chi connectivity index (χ3v) is 7.20. The molecule has 0 saturated carbocycles. The molecule has 1 saturated heterocycles. The fourth-order valence-electron chi connectivity index (χ4n) is 4.33. The second-order valence-electron chi connectivity index (χ2n) is 8.71. The molecule has 6 nitrogen and oxygen atoms in total. The Labute approximate surface area is 186 Å². The van der Waals surface area contributed by atoms with Crippen molar-refractivity contribution in [2.24, 2.45) is 0 Å². The van der Waals surface area contributed by atoms with Gasteiger partial charge >= 0.3 is 0 Å². The van der Waals surface area contributed by atoms with Crippen LogP contribution < -0.4 is 18.9 Å². The van der Waals surface area contributed by atoms with Crippen molar-refractivity contribution in [3.8, 4) is 23.0 Å². The molecule has 0 radical (unpaired) electrons. The number of hydrogen-bond acceptors (Lipinski definition) is 6. The maximum absolute atomic E-state index is 12.9. The first-order valence-electron chi connectivity index (χ1n) is 10.7. The predicted molar refractivity (Wildman–Crippen MR) is 119 cm³/mol. The molecule has 0 spiro atoms. The van der Waals surface area contributed by atoms with Gasteiger partial charge in [-0.15, -0.1) is 0 Å². The third kappa shape index (κ3) is 4.28. The first-order valence-corrected chi connectivity index (χ1v) is 11.8. The number of rotatable bonds is 4. The summed E-state index contributed by atoms with van der Waals surface area (Å²) in [6.45, 7) is 5.88. The zero-order valence-corrected chi connectivity index (χ0v) is 18.7. The van der Waals surface area contributed by atoms with Crippen LogP contribution >= 0.6 is 11.8 Å². The van der Waals surface area contributed by atoms with Crippen molar-refractivity contribution >= 4 is 17.7 Å². The van der Waals surface area contributed by atoms with Crippen LogP contribution in [-0.4, -0.2) is 48.7 Å². The van der Waals surface area contributed by atoms with Crippen molar-refractivity contribution in [1.82, 2.24) is 4.90 Å². The van der Waals surface area contributed by atoms with E-state index in [0.717, 1.165) is 48.0 Å². The molecule has 3 aliphatic heterocycles. The number of nitrogens with zero attached hydrogens (tertiary/aromatic N) is 1. The Morgan fingerprint density at radius 1 is 1.19 bits per heavy atom. The minimum atomic E-state index is -0.239. The molecule has 3 aliphatic rings. The summed E-state index contributed by atoms with van der Waals surface area (Å²) in [5.74, 6) is 3.94. The second-order valence-corrected chi connectivity index (χ2v) is 10.0. The van der Waals surface area contributed by atoms with Crippen LogP contribution in [0.1, 0.15) is 36.6 Å². The maximum atomic E-state index is 12.9. The summed E-state index contributed by atoms with van der Waals surface area (Å²) < 4.78 is 22.9. The van der Waals surface area contributed by atoms with Crippen LogP contribution in [0.4, 0.5) is 0 Å². The summed E-state index contributed by atoms with van der Waals surface area (Å²) in [4.78, 5) is 14.8. The molecular weight excluding hydrogens is 414 g/mol. The highest BCUT2D eigenvalue weighted by molar-refractivity contribution is 7.99. The van der Waals surface area contributed by atoms with Crippen molar-refractivity contribution in [3.63, 3.8) is 0 Å². The Balaban J connectivity index is 1.19. The first kappa shape index (κ1) is 20.4. The molecule has 5 rings (SSSR count). The summed E-state index contributed by atoms with van der Waals surface area (Å²) in [6.07, 6.45) is 1.74. The van der Waals surface area contributed by atoms with Gasteiger partial charge in [-0.25, -0.2) is 0 Å². The smallest absolute Gasteiger partial charge is 0.260 e. The molecule has 2 aromatic carbocycles. The Morgan fingerprint density at radius 3 is 2.97 bits per heavy atom. The van der Waals surface area contributed by atoms with Gasteiger partial charge in [0.05, 0.1) is 0 Å². The molecule has 1 atom stereocenters. The van der Waals surface area contributed by atoms with Gasteiger partial charge in [0, 0.05) is 36.1 Å². The number of ether oxygens (including phenoxy) is 4.